The van der Waals surface area contributed by atoms with Gasteiger partial charge in [-0.2, -0.15) is 5.26 Å². The van der Waals surface area contributed by atoms with Crippen LogP contribution in [0.15, 0.2) is 30.3 Å². The lowest BCUT2D eigenvalue weighted by atomic mass is 10.3. The van der Waals surface area contributed by atoms with Gasteiger partial charge in [0.25, 0.3) is 0 Å². The summed E-state index contributed by atoms with van der Waals surface area (Å²) in [5, 5.41) is 8.38. The van der Waals surface area contributed by atoms with Crippen LogP contribution in [0.1, 0.15) is 0 Å². The standard InChI is InChI=1S/C9H8N2O/c10-6-7-11(8-12)9-4-2-1-3-5-9/h1-5,8H,7H2. The van der Waals surface area contributed by atoms with Gasteiger partial charge in [0.05, 0.1) is 6.07 Å². The minimum atomic E-state index is 0.0908. The number of nitrogens with zero attached hydrogens (tertiary/aromatic N) is 2. The normalized spacial score (nSPS) is 8.58. The monoisotopic (exact) mass is 160 g/mol. The average Bonchev–Trinajstić information content (AvgIpc) is 2.15. The van der Waals surface area contributed by atoms with E-state index in [0.29, 0.717) is 6.41 Å². The van der Waals surface area contributed by atoms with Gasteiger partial charge in [-0.3, -0.25) is 4.79 Å². The van der Waals surface area contributed by atoms with Crippen LogP contribution in [0.2, 0.25) is 0 Å². The Morgan fingerprint density at radius 3 is 2.58 bits per heavy atom. The number of carbonyl (C=O) groups is 1. The molecule has 0 bridgehead atoms. The molecule has 0 saturated heterocycles. The highest BCUT2D eigenvalue weighted by molar-refractivity contribution is 5.75. The summed E-state index contributed by atoms with van der Waals surface area (Å²) in [6, 6.07) is 11.0. The largest absolute Gasteiger partial charge is 0.301 e. The van der Waals surface area contributed by atoms with Crippen LogP contribution in [0.5, 0.6) is 0 Å². The van der Waals surface area contributed by atoms with Crippen molar-refractivity contribution in [3.8, 4) is 6.07 Å². The van der Waals surface area contributed by atoms with Crippen molar-refractivity contribution in [2.24, 2.45) is 0 Å². The molecule has 0 unspecified atom stereocenters. The Kier molecular flexibility index (Phi) is 2.86. The Morgan fingerprint density at radius 1 is 1.42 bits per heavy atom. The highest BCUT2D eigenvalue weighted by Gasteiger charge is 2.01. The van der Waals surface area contributed by atoms with E-state index in [-0.39, 0.29) is 6.54 Å². The Bertz CT molecular complexity index is 289. The molecule has 0 aliphatic carbocycles. The summed E-state index contributed by atoms with van der Waals surface area (Å²) in [5.41, 5.74) is 0.744. The van der Waals surface area contributed by atoms with Gasteiger partial charge in [0, 0.05) is 5.69 Å². The maximum absolute atomic E-state index is 10.5. The molecule has 0 N–H and O–H groups in total. The van der Waals surface area contributed by atoms with Gasteiger partial charge in [-0.25, -0.2) is 0 Å². The molecule has 12 heavy (non-hydrogen) atoms. The first kappa shape index (κ1) is 8.28. The number of amides is 1. The summed E-state index contributed by atoms with van der Waals surface area (Å²) in [6.45, 7) is 0.0908. The number of hydrogen-bond acceptors (Lipinski definition) is 2. The molecule has 0 spiro atoms. The smallest absolute Gasteiger partial charge is 0.215 e. The molecule has 1 rings (SSSR count). The molecule has 1 aromatic rings. The van der Waals surface area contributed by atoms with Crippen LogP contribution in [0.25, 0.3) is 0 Å². The van der Waals surface area contributed by atoms with E-state index in [4.69, 9.17) is 5.26 Å². The van der Waals surface area contributed by atoms with E-state index in [9.17, 15) is 4.79 Å². The van der Waals surface area contributed by atoms with E-state index < -0.39 is 0 Å². The Morgan fingerprint density at radius 2 is 2.08 bits per heavy atom. The topological polar surface area (TPSA) is 44.1 Å². The van der Waals surface area contributed by atoms with Crippen LogP contribution in [-0.4, -0.2) is 13.0 Å². The highest BCUT2D eigenvalue weighted by atomic mass is 16.1. The van der Waals surface area contributed by atoms with Gasteiger partial charge >= 0.3 is 0 Å². The summed E-state index contributed by atoms with van der Waals surface area (Å²) < 4.78 is 0. The molecule has 0 saturated carbocycles. The third-order valence-corrected chi connectivity index (χ3v) is 1.46. The Hall–Kier alpha value is -1.82. The second-order valence-electron chi connectivity index (χ2n) is 2.23. The third kappa shape index (κ3) is 1.83. The van der Waals surface area contributed by atoms with Gasteiger partial charge in [0.1, 0.15) is 6.54 Å². The van der Waals surface area contributed by atoms with Crippen molar-refractivity contribution in [1.29, 1.82) is 5.26 Å². The molecular weight excluding hydrogens is 152 g/mol. The lowest BCUT2D eigenvalue weighted by Crippen LogP contribution is -2.20. The fraction of sp³-hybridized carbons (Fsp3) is 0.111. The molecule has 0 heterocycles. The molecule has 0 radical (unpaired) electrons. The van der Waals surface area contributed by atoms with Gasteiger partial charge in [0.15, 0.2) is 0 Å². The molecule has 60 valence electrons. The fourth-order valence-corrected chi connectivity index (χ4v) is 0.885. The lowest BCUT2D eigenvalue weighted by molar-refractivity contribution is -0.107. The zero-order chi connectivity index (χ0) is 8.81. The second-order valence-corrected chi connectivity index (χ2v) is 2.23. The number of hydrogen-bond donors (Lipinski definition) is 0. The summed E-state index contributed by atoms with van der Waals surface area (Å²) >= 11 is 0. The number of anilines is 1. The number of carbonyl (C=O) groups excluding carboxylic acids is 1. The van der Waals surface area contributed by atoms with Gasteiger partial charge in [-0.05, 0) is 12.1 Å². The van der Waals surface area contributed by atoms with Crippen LogP contribution in [-0.2, 0) is 4.79 Å². The van der Waals surface area contributed by atoms with Crippen molar-refractivity contribution in [1.82, 2.24) is 0 Å². The second kappa shape index (κ2) is 4.14. The third-order valence-electron chi connectivity index (χ3n) is 1.46. The summed E-state index contributed by atoms with van der Waals surface area (Å²) in [6.07, 6.45) is 0.651. The summed E-state index contributed by atoms with van der Waals surface area (Å²) in [7, 11) is 0. The van der Waals surface area contributed by atoms with E-state index >= 15 is 0 Å². The lowest BCUT2D eigenvalue weighted by Gasteiger charge is -2.11. The number of benzene rings is 1. The number of nitriles is 1. The van der Waals surface area contributed by atoms with E-state index in [0.717, 1.165) is 5.69 Å². The first-order chi connectivity index (χ1) is 5.88. The van der Waals surface area contributed by atoms with Gasteiger partial charge < -0.3 is 4.90 Å². The van der Waals surface area contributed by atoms with Crippen LogP contribution >= 0.6 is 0 Å². The van der Waals surface area contributed by atoms with Crippen LogP contribution in [0, 0.1) is 11.3 Å². The minimum absolute atomic E-state index is 0.0908. The van der Waals surface area contributed by atoms with Gasteiger partial charge in [0.2, 0.25) is 6.41 Å². The molecule has 1 aromatic carbocycles. The van der Waals surface area contributed by atoms with Crippen molar-refractivity contribution < 1.29 is 4.79 Å². The average molecular weight is 160 g/mol. The molecular formula is C9H8N2O. The first-order valence-electron chi connectivity index (χ1n) is 3.52. The van der Waals surface area contributed by atoms with E-state index in [1.807, 2.05) is 24.3 Å². The van der Waals surface area contributed by atoms with E-state index in [2.05, 4.69) is 0 Å². The fourth-order valence-electron chi connectivity index (χ4n) is 0.885. The molecule has 1 amide bonds. The zero-order valence-electron chi connectivity index (χ0n) is 6.47. The predicted octanol–water partition coefficient (Wildman–Crippen LogP) is 1.17. The van der Waals surface area contributed by atoms with Crippen molar-refractivity contribution in [3.05, 3.63) is 30.3 Å². The van der Waals surface area contributed by atoms with Gasteiger partial charge in [-0.1, -0.05) is 18.2 Å². The van der Waals surface area contributed by atoms with Crippen molar-refractivity contribution in [2.45, 2.75) is 0 Å². The van der Waals surface area contributed by atoms with Crippen LogP contribution in [0.3, 0.4) is 0 Å². The highest BCUT2D eigenvalue weighted by Crippen LogP contribution is 2.09. The molecule has 0 aliphatic rings. The molecule has 0 aromatic heterocycles. The molecule has 3 nitrogen and oxygen atoms in total. The van der Waals surface area contributed by atoms with Crippen LogP contribution < -0.4 is 4.90 Å². The van der Waals surface area contributed by atoms with E-state index in [1.165, 1.54) is 4.90 Å². The molecule has 0 atom stereocenters. The SMILES string of the molecule is N#CCN(C=O)c1ccccc1. The maximum atomic E-state index is 10.5. The zero-order valence-corrected chi connectivity index (χ0v) is 6.47. The summed E-state index contributed by atoms with van der Waals surface area (Å²) in [4.78, 5) is 11.8. The molecule has 3 heteroatoms. The van der Waals surface area contributed by atoms with Crippen molar-refractivity contribution >= 4 is 12.1 Å². The van der Waals surface area contributed by atoms with Crippen molar-refractivity contribution in [2.75, 3.05) is 11.4 Å². The van der Waals surface area contributed by atoms with Crippen molar-refractivity contribution in [3.63, 3.8) is 0 Å². The Labute approximate surface area is 70.8 Å². The first-order valence-corrected chi connectivity index (χ1v) is 3.52. The number of para-hydroxylation sites is 1. The van der Waals surface area contributed by atoms with Crippen LogP contribution in [0.4, 0.5) is 5.69 Å². The summed E-state index contributed by atoms with van der Waals surface area (Å²) in [5.74, 6) is 0. The minimum Gasteiger partial charge on any atom is -0.301 e. The molecule has 0 aliphatic heterocycles. The predicted molar refractivity (Wildman–Crippen MR) is 45.5 cm³/mol. The quantitative estimate of drug-likeness (QED) is 0.492. The maximum Gasteiger partial charge on any atom is 0.215 e. The number of rotatable bonds is 3. The van der Waals surface area contributed by atoms with Gasteiger partial charge in [-0.15, -0.1) is 0 Å². The molecule has 0 fully saturated rings. The Balaban J connectivity index is 2.81. The van der Waals surface area contributed by atoms with E-state index in [1.54, 1.807) is 12.1 Å².